The summed E-state index contributed by atoms with van der Waals surface area (Å²) in [5.74, 6) is 0.722. The van der Waals surface area contributed by atoms with Gasteiger partial charge in [0, 0.05) is 29.4 Å². The second kappa shape index (κ2) is 6.93. The Bertz CT molecular complexity index is 1150. The molecule has 0 spiro atoms. The lowest BCUT2D eigenvalue weighted by Gasteiger charge is -2.07. The maximum Gasteiger partial charge on any atom is 0.259 e. The number of aromatic nitrogens is 3. The Kier molecular flexibility index (Phi) is 4.33. The van der Waals surface area contributed by atoms with E-state index in [0.29, 0.717) is 10.7 Å². The first-order chi connectivity index (χ1) is 12.8. The van der Waals surface area contributed by atoms with E-state index in [1.165, 1.54) is 17.4 Å². The van der Waals surface area contributed by atoms with Crippen molar-refractivity contribution in [2.75, 3.05) is 7.11 Å². The normalized spacial score (nSPS) is 11.3. The van der Waals surface area contributed by atoms with Crippen LogP contribution in [-0.4, -0.2) is 21.5 Å². The van der Waals surface area contributed by atoms with Gasteiger partial charge in [-0.05, 0) is 29.8 Å². The van der Waals surface area contributed by atoms with Crippen LogP contribution in [0.5, 0.6) is 5.75 Å². The third kappa shape index (κ3) is 3.02. The molecule has 0 aliphatic carbocycles. The smallest absolute Gasteiger partial charge is 0.259 e. The molecule has 0 saturated carbocycles. The molecule has 26 heavy (non-hydrogen) atoms. The van der Waals surface area contributed by atoms with Crippen LogP contribution in [0.4, 0.5) is 0 Å². The van der Waals surface area contributed by atoms with Crippen LogP contribution in [0.15, 0.2) is 65.0 Å². The van der Waals surface area contributed by atoms with Crippen LogP contribution >= 0.6 is 11.3 Å². The van der Waals surface area contributed by atoms with Crippen LogP contribution in [0, 0.1) is 0 Å². The van der Waals surface area contributed by atoms with Gasteiger partial charge in [0.05, 0.1) is 18.5 Å². The zero-order valence-corrected chi connectivity index (χ0v) is 14.8. The summed E-state index contributed by atoms with van der Waals surface area (Å²) in [6.45, 7) is 0. The average Bonchev–Trinajstić information content (AvgIpc) is 3.11. The highest BCUT2D eigenvalue weighted by Crippen LogP contribution is 2.31. The van der Waals surface area contributed by atoms with Crippen LogP contribution in [0.3, 0.4) is 0 Å². The molecule has 0 unspecified atom stereocenters. The summed E-state index contributed by atoms with van der Waals surface area (Å²) < 4.78 is 7.04. The Labute approximate surface area is 153 Å². The minimum atomic E-state index is -0.122. The van der Waals surface area contributed by atoms with E-state index in [1.54, 1.807) is 23.9 Å². The van der Waals surface area contributed by atoms with Gasteiger partial charge in [0.2, 0.25) is 0 Å². The fraction of sp³-hybridized carbons (Fsp3) is 0.0500. The first-order valence-electron chi connectivity index (χ1n) is 7.99. The monoisotopic (exact) mass is 361 g/mol. The highest BCUT2D eigenvalue weighted by molar-refractivity contribution is 7.15. The highest BCUT2D eigenvalue weighted by Gasteiger charge is 2.13. The quantitative estimate of drug-likeness (QED) is 0.551. The van der Waals surface area contributed by atoms with Gasteiger partial charge in [0.15, 0.2) is 4.96 Å². The molecule has 128 valence electrons. The number of para-hydroxylation sites is 1. The molecule has 0 saturated heterocycles. The summed E-state index contributed by atoms with van der Waals surface area (Å²) in [5.41, 5.74) is 3.09. The van der Waals surface area contributed by atoms with Gasteiger partial charge < -0.3 is 4.74 Å². The van der Waals surface area contributed by atoms with Crippen LogP contribution in [0.25, 0.3) is 28.4 Å². The largest absolute Gasteiger partial charge is 0.496 e. The Morgan fingerprint density at radius 3 is 2.85 bits per heavy atom. The number of hydrogen-bond acceptors (Lipinski definition) is 5. The second-order valence-corrected chi connectivity index (χ2v) is 6.41. The SMILES string of the molecule is COc1ccccc1-c1csc2nc(/C=C/c3cccnc3)cc(=O)n12. The Hall–Kier alpha value is -3.25. The van der Waals surface area contributed by atoms with Gasteiger partial charge in [-0.2, -0.15) is 0 Å². The van der Waals surface area contributed by atoms with Crippen molar-refractivity contribution < 1.29 is 4.74 Å². The minimum Gasteiger partial charge on any atom is -0.496 e. The third-order valence-corrected chi connectivity index (χ3v) is 4.76. The predicted molar refractivity (Wildman–Crippen MR) is 104 cm³/mol. The molecular formula is C20H15N3O2S. The third-order valence-electron chi connectivity index (χ3n) is 3.94. The molecule has 0 radical (unpaired) electrons. The van der Waals surface area contributed by atoms with E-state index in [-0.39, 0.29) is 5.56 Å². The van der Waals surface area contributed by atoms with E-state index in [1.807, 2.05) is 53.9 Å². The summed E-state index contributed by atoms with van der Waals surface area (Å²) in [5, 5.41) is 1.93. The molecule has 0 N–H and O–H groups in total. The summed E-state index contributed by atoms with van der Waals surface area (Å²) in [7, 11) is 1.62. The molecular weight excluding hydrogens is 346 g/mol. The van der Waals surface area contributed by atoms with E-state index in [4.69, 9.17) is 4.74 Å². The van der Waals surface area contributed by atoms with Crippen molar-refractivity contribution in [2.45, 2.75) is 0 Å². The number of thiazole rings is 1. The lowest BCUT2D eigenvalue weighted by Crippen LogP contribution is -2.14. The molecule has 4 rings (SSSR count). The van der Waals surface area contributed by atoms with Crippen LogP contribution < -0.4 is 10.3 Å². The van der Waals surface area contributed by atoms with Crippen molar-refractivity contribution in [2.24, 2.45) is 0 Å². The Morgan fingerprint density at radius 2 is 2.04 bits per heavy atom. The molecule has 0 aliphatic rings. The van der Waals surface area contributed by atoms with Crippen LogP contribution in [0.2, 0.25) is 0 Å². The molecule has 1 aromatic carbocycles. The Balaban J connectivity index is 1.79. The maximum atomic E-state index is 12.7. The minimum absolute atomic E-state index is 0.122. The molecule has 0 amide bonds. The van der Waals surface area contributed by atoms with Gasteiger partial charge in [-0.1, -0.05) is 24.3 Å². The summed E-state index contributed by atoms with van der Waals surface area (Å²) >= 11 is 1.43. The number of ether oxygens (including phenoxy) is 1. The van der Waals surface area contributed by atoms with Gasteiger partial charge >= 0.3 is 0 Å². The molecule has 0 fully saturated rings. The lowest BCUT2D eigenvalue weighted by molar-refractivity contribution is 0.416. The standard InChI is InChI=1S/C20H15N3O2S/c1-25-18-7-3-2-6-16(18)17-13-26-20-22-15(11-19(24)23(17)20)9-8-14-5-4-10-21-12-14/h2-13H,1H3/b9-8+. The van der Waals surface area contributed by atoms with Crippen LogP contribution in [-0.2, 0) is 0 Å². The van der Waals surface area contributed by atoms with Gasteiger partial charge in [-0.3, -0.25) is 14.2 Å². The Morgan fingerprint density at radius 1 is 1.15 bits per heavy atom. The number of pyridine rings is 1. The van der Waals surface area contributed by atoms with Crippen molar-refractivity contribution in [1.82, 2.24) is 14.4 Å². The van der Waals surface area contributed by atoms with E-state index in [9.17, 15) is 4.79 Å². The van der Waals surface area contributed by atoms with E-state index in [2.05, 4.69) is 9.97 Å². The zero-order chi connectivity index (χ0) is 17.9. The van der Waals surface area contributed by atoms with Gasteiger partial charge in [-0.15, -0.1) is 11.3 Å². The van der Waals surface area contributed by atoms with Gasteiger partial charge in [-0.25, -0.2) is 4.98 Å². The van der Waals surface area contributed by atoms with E-state index in [0.717, 1.165) is 22.6 Å². The topological polar surface area (TPSA) is 56.5 Å². The summed E-state index contributed by atoms with van der Waals surface area (Å²) in [6, 6.07) is 13.0. The molecule has 0 atom stereocenters. The number of fused-ring (bicyclic) bond motifs is 1. The first kappa shape index (κ1) is 16.2. The first-order valence-corrected chi connectivity index (χ1v) is 8.87. The molecule has 6 heteroatoms. The van der Waals surface area contributed by atoms with Crippen molar-refractivity contribution in [3.63, 3.8) is 0 Å². The molecule has 4 aromatic rings. The molecule has 5 nitrogen and oxygen atoms in total. The lowest BCUT2D eigenvalue weighted by atomic mass is 10.1. The second-order valence-electron chi connectivity index (χ2n) is 5.58. The van der Waals surface area contributed by atoms with Gasteiger partial charge in [0.1, 0.15) is 5.75 Å². The number of methoxy groups -OCH3 is 1. The molecule has 0 bridgehead atoms. The van der Waals surface area contributed by atoms with Crippen molar-refractivity contribution in [3.05, 3.63) is 81.8 Å². The molecule has 3 aromatic heterocycles. The van der Waals surface area contributed by atoms with Crippen LogP contribution in [0.1, 0.15) is 11.3 Å². The number of benzene rings is 1. The molecule has 3 heterocycles. The zero-order valence-electron chi connectivity index (χ0n) is 14.0. The van der Waals surface area contributed by atoms with Crippen molar-refractivity contribution in [3.8, 4) is 17.0 Å². The van der Waals surface area contributed by atoms with Crippen molar-refractivity contribution in [1.29, 1.82) is 0 Å². The predicted octanol–water partition coefficient (Wildman–Crippen LogP) is 4.00. The van der Waals surface area contributed by atoms with Gasteiger partial charge in [0.25, 0.3) is 5.56 Å². The van der Waals surface area contributed by atoms with E-state index >= 15 is 0 Å². The summed E-state index contributed by atoms with van der Waals surface area (Å²) in [6.07, 6.45) is 7.19. The van der Waals surface area contributed by atoms with Crippen molar-refractivity contribution >= 4 is 28.4 Å². The fourth-order valence-electron chi connectivity index (χ4n) is 2.72. The van der Waals surface area contributed by atoms with E-state index < -0.39 is 0 Å². The highest BCUT2D eigenvalue weighted by atomic mass is 32.1. The summed E-state index contributed by atoms with van der Waals surface area (Å²) in [4.78, 5) is 22.0. The average molecular weight is 361 g/mol. The molecule has 0 aliphatic heterocycles. The number of nitrogens with zero attached hydrogens (tertiary/aromatic N) is 3. The number of rotatable bonds is 4. The maximum absolute atomic E-state index is 12.7. The fourth-order valence-corrected chi connectivity index (χ4v) is 3.62. The number of hydrogen-bond donors (Lipinski definition) is 0.